The molecule has 1 aromatic carbocycles. The average Bonchev–Trinajstić information content (AvgIpc) is 2.20. The molecule has 1 aromatic rings. The summed E-state index contributed by atoms with van der Waals surface area (Å²) in [5.74, 6) is 0.799. The van der Waals surface area contributed by atoms with Crippen LogP contribution in [0.25, 0.3) is 0 Å². The van der Waals surface area contributed by atoms with Gasteiger partial charge in [-0.1, -0.05) is 11.6 Å². The third-order valence-electron chi connectivity index (χ3n) is 1.97. The summed E-state index contributed by atoms with van der Waals surface area (Å²) >= 11 is 3.40. The Balaban J connectivity index is 2.58. The lowest BCUT2D eigenvalue weighted by Gasteiger charge is -2.08. The molecule has 0 aromatic heterocycles. The van der Waals surface area contributed by atoms with E-state index in [9.17, 15) is 0 Å². The predicted octanol–water partition coefficient (Wildman–Crippen LogP) is 3.29. The Kier molecular flexibility index (Phi) is 4.85. The van der Waals surface area contributed by atoms with Gasteiger partial charge in [-0.15, -0.1) is 6.58 Å². The van der Waals surface area contributed by atoms with Crippen molar-refractivity contribution in [2.75, 3.05) is 6.61 Å². The summed E-state index contributed by atoms with van der Waals surface area (Å²) in [6, 6.07) is 5.56. The molecule has 0 unspecified atom stereocenters. The zero-order valence-electron chi connectivity index (χ0n) is 8.79. The molecule has 0 spiro atoms. The van der Waals surface area contributed by atoms with Crippen molar-refractivity contribution in [3.8, 4) is 5.75 Å². The Hall–Kier alpha value is -0.800. The maximum absolute atomic E-state index is 8.93. The van der Waals surface area contributed by atoms with Gasteiger partial charge >= 0.3 is 0 Å². The molecule has 82 valence electrons. The van der Waals surface area contributed by atoms with Crippen molar-refractivity contribution in [2.24, 2.45) is 0 Å². The molecule has 0 fully saturated rings. The lowest BCUT2D eigenvalue weighted by Crippen LogP contribution is -1.98. The van der Waals surface area contributed by atoms with Gasteiger partial charge in [-0.2, -0.15) is 0 Å². The second-order valence-corrected chi connectivity index (χ2v) is 4.33. The minimum atomic E-state index is 0.0463. The quantitative estimate of drug-likeness (QED) is 0.833. The first-order valence-electron chi connectivity index (χ1n) is 4.80. The monoisotopic (exact) mass is 270 g/mol. The molecule has 0 saturated heterocycles. The standard InChI is InChI=1S/C12H15BrO2/c1-9(2)5-6-15-12-4-3-10(8-14)7-11(12)13/h3-4,7,14H,1,5-6,8H2,2H3. The molecule has 0 aliphatic heterocycles. The number of hydrogen-bond acceptors (Lipinski definition) is 2. The van der Waals surface area contributed by atoms with Crippen molar-refractivity contribution >= 4 is 15.9 Å². The lowest BCUT2D eigenvalue weighted by molar-refractivity contribution is 0.281. The number of benzene rings is 1. The number of aliphatic hydroxyl groups excluding tert-OH is 1. The molecular weight excluding hydrogens is 256 g/mol. The summed E-state index contributed by atoms with van der Waals surface area (Å²) in [6.07, 6.45) is 0.855. The van der Waals surface area contributed by atoms with E-state index in [-0.39, 0.29) is 6.61 Å². The van der Waals surface area contributed by atoms with Gasteiger partial charge in [0.1, 0.15) is 5.75 Å². The fourth-order valence-electron chi connectivity index (χ4n) is 1.09. The van der Waals surface area contributed by atoms with E-state index in [1.807, 2.05) is 25.1 Å². The van der Waals surface area contributed by atoms with Crippen LogP contribution in [0.4, 0.5) is 0 Å². The van der Waals surface area contributed by atoms with E-state index in [0.717, 1.165) is 27.8 Å². The zero-order chi connectivity index (χ0) is 11.3. The molecular formula is C12H15BrO2. The molecule has 0 amide bonds. The molecule has 0 radical (unpaired) electrons. The Bertz CT molecular complexity index is 347. The molecule has 0 atom stereocenters. The number of aliphatic hydroxyl groups is 1. The van der Waals surface area contributed by atoms with Crippen LogP contribution in [-0.2, 0) is 6.61 Å². The van der Waals surface area contributed by atoms with Crippen LogP contribution in [0.3, 0.4) is 0 Å². The van der Waals surface area contributed by atoms with Crippen molar-refractivity contribution in [3.63, 3.8) is 0 Å². The highest BCUT2D eigenvalue weighted by molar-refractivity contribution is 9.10. The van der Waals surface area contributed by atoms with Crippen LogP contribution in [0.1, 0.15) is 18.9 Å². The van der Waals surface area contributed by atoms with Crippen LogP contribution in [0.2, 0.25) is 0 Å². The minimum Gasteiger partial charge on any atom is -0.492 e. The third kappa shape index (κ3) is 4.06. The van der Waals surface area contributed by atoms with Crippen LogP contribution < -0.4 is 4.74 Å². The zero-order valence-corrected chi connectivity index (χ0v) is 10.4. The van der Waals surface area contributed by atoms with Gasteiger partial charge < -0.3 is 9.84 Å². The summed E-state index contributed by atoms with van der Waals surface area (Å²) in [6.45, 7) is 6.47. The molecule has 3 heteroatoms. The SMILES string of the molecule is C=C(C)CCOc1ccc(CO)cc1Br. The first kappa shape index (κ1) is 12.3. The summed E-state index contributed by atoms with van der Waals surface area (Å²) in [5.41, 5.74) is 1.98. The summed E-state index contributed by atoms with van der Waals surface area (Å²) in [5, 5.41) is 8.93. The molecule has 0 aliphatic carbocycles. The number of ether oxygens (including phenoxy) is 1. The van der Waals surface area contributed by atoms with Crippen molar-refractivity contribution in [2.45, 2.75) is 20.0 Å². The first-order valence-corrected chi connectivity index (χ1v) is 5.59. The lowest BCUT2D eigenvalue weighted by atomic mass is 10.2. The van der Waals surface area contributed by atoms with E-state index < -0.39 is 0 Å². The topological polar surface area (TPSA) is 29.5 Å². The normalized spacial score (nSPS) is 10.1. The van der Waals surface area contributed by atoms with Crippen LogP contribution in [0.15, 0.2) is 34.8 Å². The second kappa shape index (κ2) is 5.93. The highest BCUT2D eigenvalue weighted by atomic mass is 79.9. The van der Waals surface area contributed by atoms with Gasteiger partial charge in [0.2, 0.25) is 0 Å². The van der Waals surface area contributed by atoms with Crippen molar-refractivity contribution in [1.29, 1.82) is 0 Å². The van der Waals surface area contributed by atoms with E-state index in [2.05, 4.69) is 22.5 Å². The van der Waals surface area contributed by atoms with Crippen LogP contribution in [0.5, 0.6) is 5.75 Å². The summed E-state index contributed by atoms with van der Waals surface area (Å²) in [4.78, 5) is 0. The van der Waals surface area contributed by atoms with Gasteiger partial charge in [0.05, 0.1) is 17.7 Å². The highest BCUT2D eigenvalue weighted by Gasteiger charge is 2.01. The second-order valence-electron chi connectivity index (χ2n) is 3.48. The van der Waals surface area contributed by atoms with Gasteiger partial charge in [-0.25, -0.2) is 0 Å². The van der Waals surface area contributed by atoms with Gasteiger partial charge in [0, 0.05) is 6.42 Å². The van der Waals surface area contributed by atoms with Crippen LogP contribution in [0, 0.1) is 0 Å². The first-order chi connectivity index (χ1) is 7.13. The molecule has 2 nitrogen and oxygen atoms in total. The maximum atomic E-state index is 8.93. The van der Waals surface area contributed by atoms with Crippen LogP contribution >= 0.6 is 15.9 Å². The Morgan fingerprint density at radius 1 is 1.53 bits per heavy atom. The van der Waals surface area contributed by atoms with Crippen molar-refractivity contribution in [3.05, 3.63) is 40.4 Å². The Morgan fingerprint density at radius 3 is 2.80 bits per heavy atom. The Morgan fingerprint density at radius 2 is 2.27 bits per heavy atom. The van der Waals surface area contributed by atoms with Gasteiger partial charge in [0.25, 0.3) is 0 Å². The summed E-state index contributed by atoms with van der Waals surface area (Å²) < 4.78 is 6.43. The largest absolute Gasteiger partial charge is 0.492 e. The fourth-order valence-corrected chi connectivity index (χ4v) is 1.64. The van der Waals surface area contributed by atoms with E-state index in [1.54, 1.807) is 0 Å². The molecule has 0 saturated carbocycles. The smallest absolute Gasteiger partial charge is 0.133 e. The van der Waals surface area contributed by atoms with Crippen molar-refractivity contribution < 1.29 is 9.84 Å². The molecule has 0 heterocycles. The average molecular weight is 271 g/mol. The minimum absolute atomic E-state index is 0.0463. The molecule has 0 aliphatic rings. The molecule has 0 bridgehead atoms. The van der Waals surface area contributed by atoms with E-state index >= 15 is 0 Å². The van der Waals surface area contributed by atoms with E-state index in [1.165, 1.54) is 0 Å². The maximum Gasteiger partial charge on any atom is 0.133 e. The van der Waals surface area contributed by atoms with Gasteiger partial charge in [-0.05, 0) is 40.5 Å². The number of hydrogen-bond donors (Lipinski definition) is 1. The van der Waals surface area contributed by atoms with Crippen LogP contribution in [-0.4, -0.2) is 11.7 Å². The van der Waals surface area contributed by atoms with Crippen molar-refractivity contribution in [1.82, 2.24) is 0 Å². The molecule has 1 N–H and O–H groups in total. The summed E-state index contributed by atoms with van der Waals surface area (Å²) in [7, 11) is 0. The number of rotatable bonds is 5. The highest BCUT2D eigenvalue weighted by Crippen LogP contribution is 2.26. The Labute approximate surface area is 98.7 Å². The van der Waals surface area contributed by atoms with E-state index in [0.29, 0.717) is 6.61 Å². The molecule has 1 rings (SSSR count). The predicted molar refractivity (Wildman–Crippen MR) is 65.0 cm³/mol. The van der Waals surface area contributed by atoms with E-state index in [4.69, 9.17) is 9.84 Å². The van der Waals surface area contributed by atoms with Gasteiger partial charge in [0.15, 0.2) is 0 Å². The third-order valence-corrected chi connectivity index (χ3v) is 2.58. The van der Waals surface area contributed by atoms with Gasteiger partial charge in [-0.3, -0.25) is 0 Å². The molecule has 15 heavy (non-hydrogen) atoms. The fraction of sp³-hybridized carbons (Fsp3) is 0.333. The number of halogens is 1.